The van der Waals surface area contributed by atoms with E-state index in [-0.39, 0.29) is 0 Å². The lowest BCUT2D eigenvalue weighted by Crippen LogP contribution is -2.29. The van der Waals surface area contributed by atoms with Gasteiger partial charge in [0.2, 0.25) is 0 Å². The van der Waals surface area contributed by atoms with Crippen molar-refractivity contribution in [1.29, 1.82) is 0 Å². The van der Waals surface area contributed by atoms with Crippen LogP contribution < -0.4 is 0 Å². The summed E-state index contributed by atoms with van der Waals surface area (Å²) in [6, 6.07) is 9.22. The number of likely N-dealkylation sites (tertiary alicyclic amines) is 1. The van der Waals surface area contributed by atoms with Crippen LogP contribution in [0.1, 0.15) is 30.4 Å². The summed E-state index contributed by atoms with van der Waals surface area (Å²) in [7, 11) is 0. The van der Waals surface area contributed by atoms with Crippen LogP contribution in [0, 0.1) is 0 Å². The molecule has 0 N–H and O–H groups in total. The van der Waals surface area contributed by atoms with Crippen LogP contribution in [0.2, 0.25) is 0 Å². The molecule has 0 saturated carbocycles. The van der Waals surface area contributed by atoms with Gasteiger partial charge in [-0.25, -0.2) is 0 Å². The van der Waals surface area contributed by atoms with Crippen molar-refractivity contribution in [1.82, 2.24) is 14.9 Å². The summed E-state index contributed by atoms with van der Waals surface area (Å²) >= 11 is 0. The van der Waals surface area contributed by atoms with E-state index in [4.69, 9.17) is 0 Å². The third-order valence-corrected chi connectivity index (χ3v) is 4.15. The molecule has 0 aromatic carbocycles. The van der Waals surface area contributed by atoms with Gasteiger partial charge in [-0.05, 0) is 67.6 Å². The SMILES string of the molecule is c1cc(CC[C@@H]2CCCN2Cc2ccncc2)ccn1. The summed E-state index contributed by atoms with van der Waals surface area (Å²) in [4.78, 5) is 10.8. The van der Waals surface area contributed by atoms with Crippen molar-refractivity contribution in [2.75, 3.05) is 6.54 Å². The lowest BCUT2D eigenvalue weighted by Gasteiger charge is -2.24. The maximum Gasteiger partial charge on any atom is 0.0271 e. The van der Waals surface area contributed by atoms with Crippen LogP contribution in [0.3, 0.4) is 0 Å². The van der Waals surface area contributed by atoms with Gasteiger partial charge < -0.3 is 0 Å². The molecule has 0 unspecified atom stereocenters. The molecule has 104 valence electrons. The first-order chi connectivity index (χ1) is 9.92. The highest BCUT2D eigenvalue weighted by Gasteiger charge is 2.23. The van der Waals surface area contributed by atoms with Crippen LogP contribution in [-0.2, 0) is 13.0 Å². The third kappa shape index (κ3) is 3.42. The van der Waals surface area contributed by atoms with Crippen molar-refractivity contribution in [2.24, 2.45) is 0 Å². The zero-order valence-electron chi connectivity index (χ0n) is 11.8. The molecule has 1 saturated heterocycles. The predicted octanol–water partition coefficient (Wildman–Crippen LogP) is 3.07. The van der Waals surface area contributed by atoms with E-state index in [2.05, 4.69) is 39.1 Å². The molecule has 0 bridgehead atoms. The van der Waals surface area contributed by atoms with Gasteiger partial charge in [0.25, 0.3) is 0 Å². The Morgan fingerprint density at radius 2 is 1.60 bits per heavy atom. The highest BCUT2D eigenvalue weighted by Crippen LogP contribution is 2.23. The summed E-state index contributed by atoms with van der Waals surface area (Å²) in [6.45, 7) is 2.28. The molecule has 1 atom stereocenters. The fraction of sp³-hybridized carbons (Fsp3) is 0.412. The second-order valence-corrected chi connectivity index (χ2v) is 5.52. The first kappa shape index (κ1) is 13.3. The number of rotatable bonds is 5. The van der Waals surface area contributed by atoms with Crippen molar-refractivity contribution in [3.05, 3.63) is 60.2 Å². The van der Waals surface area contributed by atoms with Crippen molar-refractivity contribution < 1.29 is 0 Å². The number of hydrogen-bond acceptors (Lipinski definition) is 3. The normalized spacial score (nSPS) is 19.3. The average molecular weight is 267 g/mol. The number of hydrogen-bond donors (Lipinski definition) is 0. The fourth-order valence-electron chi connectivity index (χ4n) is 3.04. The van der Waals surface area contributed by atoms with Gasteiger partial charge >= 0.3 is 0 Å². The molecule has 3 heterocycles. The van der Waals surface area contributed by atoms with Gasteiger partial charge in [0.1, 0.15) is 0 Å². The Kier molecular flexibility index (Phi) is 4.38. The Hall–Kier alpha value is -1.74. The Labute approximate surface area is 120 Å². The fourth-order valence-corrected chi connectivity index (χ4v) is 3.04. The maximum atomic E-state index is 4.09. The van der Waals surface area contributed by atoms with Gasteiger partial charge in [-0.1, -0.05) is 0 Å². The largest absolute Gasteiger partial charge is 0.296 e. The van der Waals surface area contributed by atoms with Crippen LogP contribution in [-0.4, -0.2) is 27.5 Å². The Balaban J connectivity index is 1.56. The number of aromatic nitrogens is 2. The molecule has 3 nitrogen and oxygen atoms in total. The van der Waals surface area contributed by atoms with Gasteiger partial charge in [-0.2, -0.15) is 0 Å². The minimum Gasteiger partial charge on any atom is -0.296 e. The van der Waals surface area contributed by atoms with Crippen LogP contribution in [0.4, 0.5) is 0 Å². The summed E-state index contributed by atoms with van der Waals surface area (Å²) in [5.74, 6) is 0. The molecule has 0 spiro atoms. The van der Waals surface area contributed by atoms with Gasteiger partial charge in [0.15, 0.2) is 0 Å². The molecule has 3 rings (SSSR count). The minimum atomic E-state index is 0.719. The number of nitrogens with zero attached hydrogens (tertiary/aromatic N) is 3. The summed E-state index contributed by atoms with van der Waals surface area (Å²) in [5.41, 5.74) is 2.77. The predicted molar refractivity (Wildman–Crippen MR) is 80.2 cm³/mol. The van der Waals surface area contributed by atoms with Crippen molar-refractivity contribution in [3.63, 3.8) is 0 Å². The quantitative estimate of drug-likeness (QED) is 0.833. The van der Waals surface area contributed by atoms with E-state index in [9.17, 15) is 0 Å². The van der Waals surface area contributed by atoms with E-state index in [1.807, 2.05) is 24.8 Å². The van der Waals surface area contributed by atoms with E-state index in [0.29, 0.717) is 0 Å². The molecule has 2 aromatic rings. The van der Waals surface area contributed by atoms with E-state index >= 15 is 0 Å². The third-order valence-electron chi connectivity index (χ3n) is 4.15. The van der Waals surface area contributed by atoms with E-state index in [0.717, 1.165) is 19.0 Å². The molecule has 3 heteroatoms. The van der Waals surface area contributed by atoms with Crippen molar-refractivity contribution >= 4 is 0 Å². The van der Waals surface area contributed by atoms with Crippen LogP contribution in [0.15, 0.2) is 49.1 Å². The standard InChI is InChI=1S/C17H21N3/c1-2-17(4-3-15-5-9-18-10-6-15)20(13-1)14-16-7-11-19-12-8-16/h5-12,17H,1-4,13-14H2/t17-/m0/s1. The van der Waals surface area contributed by atoms with Crippen molar-refractivity contribution in [2.45, 2.75) is 38.3 Å². The van der Waals surface area contributed by atoms with Crippen LogP contribution in [0.25, 0.3) is 0 Å². The van der Waals surface area contributed by atoms with E-state index in [1.165, 1.54) is 36.9 Å². The molecule has 0 aliphatic carbocycles. The average Bonchev–Trinajstić information content (AvgIpc) is 2.94. The second-order valence-electron chi connectivity index (χ2n) is 5.52. The minimum absolute atomic E-state index is 0.719. The molecule has 20 heavy (non-hydrogen) atoms. The zero-order valence-corrected chi connectivity index (χ0v) is 11.8. The van der Waals surface area contributed by atoms with Gasteiger partial charge in [-0.3, -0.25) is 14.9 Å². The number of aryl methyl sites for hydroxylation is 1. The molecule has 1 aliphatic rings. The lowest BCUT2D eigenvalue weighted by atomic mass is 10.0. The lowest BCUT2D eigenvalue weighted by molar-refractivity contribution is 0.234. The van der Waals surface area contributed by atoms with E-state index < -0.39 is 0 Å². The molecule has 1 fully saturated rings. The van der Waals surface area contributed by atoms with Crippen molar-refractivity contribution in [3.8, 4) is 0 Å². The summed E-state index contributed by atoms with van der Waals surface area (Å²) in [6.07, 6.45) is 12.6. The van der Waals surface area contributed by atoms with Crippen LogP contribution >= 0.6 is 0 Å². The van der Waals surface area contributed by atoms with Gasteiger partial charge in [-0.15, -0.1) is 0 Å². The van der Waals surface area contributed by atoms with E-state index in [1.54, 1.807) is 0 Å². The first-order valence-corrected chi connectivity index (χ1v) is 7.44. The molecule has 1 aliphatic heterocycles. The zero-order chi connectivity index (χ0) is 13.6. The van der Waals surface area contributed by atoms with Gasteiger partial charge in [0.05, 0.1) is 0 Å². The maximum absolute atomic E-state index is 4.09. The molecule has 2 aromatic heterocycles. The van der Waals surface area contributed by atoms with Crippen LogP contribution in [0.5, 0.6) is 0 Å². The highest BCUT2D eigenvalue weighted by atomic mass is 15.2. The molecular weight excluding hydrogens is 246 g/mol. The molecular formula is C17H21N3. The molecule has 0 radical (unpaired) electrons. The highest BCUT2D eigenvalue weighted by molar-refractivity contribution is 5.11. The summed E-state index contributed by atoms with van der Waals surface area (Å²) in [5, 5.41) is 0. The topological polar surface area (TPSA) is 29.0 Å². The Morgan fingerprint density at radius 3 is 2.30 bits per heavy atom. The van der Waals surface area contributed by atoms with Gasteiger partial charge in [0, 0.05) is 37.4 Å². The summed E-state index contributed by atoms with van der Waals surface area (Å²) < 4.78 is 0. The first-order valence-electron chi connectivity index (χ1n) is 7.44. The smallest absolute Gasteiger partial charge is 0.0271 e. The monoisotopic (exact) mass is 267 g/mol. The Bertz CT molecular complexity index is 512. The molecule has 0 amide bonds. The Morgan fingerprint density at radius 1 is 0.950 bits per heavy atom. The second kappa shape index (κ2) is 6.62. The number of pyridine rings is 2.